The molecule has 1 aliphatic carbocycles. The number of imidazole rings is 1. The van der Waals surface area contributed by atoms with Crippen molar-refractivity contribution in [3.8, 4) is 5.82 Å². The Hall–Kier alpha value is -1.99. The van der Waals surface area contributed by atoms with Crippen molar-refractivity contribution in [1.29, 1.82) is 0 Å². The number of carbonyl (C=O) groups excluding carboxylic acids is 1. The summed E-state index contributed by atoms with van der Waals surface area (Å²) in [6, 6.07) is 1.74. The summed E-state index contributed by atoms with van der Waals surface area (Å²) in [6.45, 7) is 0. The van der Waals surface area contributed by atoms with Crippen LogP contribution in [0.15, 0.2) is 24.8 Å². The minimum Gasteiger partial charge on any atom is -0.381 e. The molecule has 1 aliphatic rings. The number of nitrogens with one attached hydrogen (secondary N) is 1. The smallest absolute Gasteiger partial charge is 0.270 e. The number of rotatable bonds is 4. The minimum absolute atomic E-state index is 0.0319. The third-order valence-electron chi connectivity index (χ3n) is 4.03. The van der Waals surface area contributed by atoms with Crippen molar-refractivity contribution < 1.29 is 9.53 Å². The Balaban J connectivity index is 1.70. The van der Waals surface area contributed by atoms with E-state index in [1.807, 2.05) is 0 Å². The van der Waals surface area contributed by atoms with Crippen molar-refractivity contribution in [2.75, 3.05) is 7.11 Å². The highest BCUT2D eigenvalue weighted by atomic mass is 35.5. The Labute approximate surface area is 139 Å². The third kappa shape index (κ3) is 3.86. The van der Waals surface area contributed by atoms with Gasteiger partial charge in [0.1, 0.15) is 17.8 Å². The van der Waals surface area contributed by atoms with E-state index >= 15 is 0 Å². The van der Waals surface area contributed by atoms with Gasteiger partial charge in [-0.15, -0.1) is 0 Å². The van der Waals surface area contributed by atoms with Crippen LogP contribution in [0.25, 0.3) is 5.82 Å². The lowest BCUT2D eigenvalue weighted by Crippen LogP contribution is -2.39. The van der Waals surface area contributed by atoms with Crippen LogP contribution in [0.4, 0.5) is 0 Å². The molecule has 7 nitrogen and oxygen atoms in total. The van der Waals surface area contributed by atoms with Gasteiger partial charge >= 0.3 is 0 Å². The SMILES string of the molecule is COC1CCC(NC(=O)c2cc(-n3ccnc3)nc(Cl)n2)CC1. The number of halogens is 1. The second kappa shape index (κ2) is 7.06. The van der Waals surface area contributed by atoms with Gasteiger partial charge in [0.2, 0.25) is 5.28 Å². The van der Waals surface area contributed by atoms with Crippen LogP contribution in [0.2, 0.25) is 5.28 Å². The van der Waals surface area contributed by atoms with Gasteiger partial charge in [-0.3, -0.25) is 9.36 Å². The lowest BCUT2D eigenvalue weighted by atomic mass is 9.93. The van der Waals surface area contributed by atoms with Crippen LogP contribution in [0.5, 0.6) is 0 Å². The highest BCUT2D eigenvalue weighted by molar-refractivity contribution is 6.28. The standard InChI is InChI=1S/C15H18ClN5O2/c1-23-11-4-2-10(3-5-11)18-14(22)12-8-13(20-15(16)19-12)21-7-6-17-9-21/h6-11H,2-5H2,1H3,(H,18,22). The van der Waals surface area contributed by atoms with Crippen molar-refractivity contribution in [2.45, 2.75) is 37.8 Å². The monoisotopic (exact) mass is 335 g/mol. The van der Waals surface area contributed by atoms with E-state index in [1.54, 1.807) is 36.5 Å². The fraction of sp³-hybridized carbons (Fsp3) is 0.467. The number of carbonyl (C=O) groups is 1. The zero-order chi connectivity index (χ0) is 16.2. The predicted octanol–water partition coefficient (Wildman–Crippen LogP) is 2.00. The summed E-state index contributed by atoms with van der Waals surface area (Å²) < 4.78 is 7.02. The minimum atomic E-state index is -0.239. The van der Waals surface area contributed by atoms with Crippen LogP contribution >= 0.6 is 11.6 Å². The lowest BCUT2D eigenvalue weighted by Gasteiger charge is -2.28. The van der Waals surface area contributed by atoms with E-state index in [9.17, 15) is 4.79 Å². The van der Waals surface area contributed by atoms with Gasteiger partial charge in [-0.1, -0.05) is 0 Å². The maximum Gasteiger partial charge on any atom is 0.270 e. The van der Waals surface area contributed by atoms with Gasteiger partial charge in [-0.25, -0.2) is 9.97 Å². The van der Waals surface area contributed by atoms with Crippen molar-refractivity contribution >= 4 is 17.5 Å². The number of nitrogens with zero attached hydrogens (tertiary/aromatic N) is 4. The average Bonchev–Trinajstić information content (AvgIpc) is 3.09. The van der Waals surface area contributed by atoms with Crippen LogP contribution in [0.3, 0.4) is 0 Å². The lowest BCUT2D eigenvalue weighted by molar-refractivity contribution is 0.0598. The number of hydrogen-bond donors (Lipinski definition) is 1. The first-order chi connectivity index (χ1) is 11.2. The van der Waals surface area contributed by atoms with Crippen LogP contribution in [-0.4, -0.2) is 44.7 Å². The van der Waals surface area contributed by atoms with Crippen LogP contribution in [0.1, 0.15) is 36.2 Å². The molecular formula is C15H18ClN5O2. The van der Waals surface area contributed by atoms with Gasteiger partial charge < -0.3 is 10.1 Å². The normalized spacial score (nSPS) is 21.1. The van der Waals surface area contributed by atoms with Crippen molar-refractivity contribution in [3.05, 3.63) is 35.8 Å². The summed E-state index contributed by atoms with van der Waals surface area (Å²) >= 11 is 5.94. The Morgan fingerprint density at radius 1 is 1.35 bits per heavy atom. The molecule has 0 aliphatic heterocycles. The molecule has 1 N–H and O–H groups in total. The van der Waals surface area contributed by atoms with Gasteiger partial charge in [0.25, 0.3) is 5.91 Å². The van der Waals surface area contributed by atoms with Crippen molar-refractivity contribution in [3.63, 3.8) is 0 Å². The molecule has 2 heterocycles. The second-order valence-corrected chi connectivity index (χ2v) is 5.87. The van der Waals surface area contributed by atoms with Gasteiger partial charge in [0, 0.05) is 31.6 Å². The highest BCUT2D eigenvalue weighted by Gasteiger charge is 2.23. The van der Waals surface area contributed by atoms with E-state index < -0.39 is 0 Å². The quantitative estimate of drug-likeness (QED) is 0.864. The van der Waals surface area contributed by atoms with Crippen LogP contribution in [0, 0.1) is 0 Å². The first-order valence-corrected chi connectivity index (χ1v) is 7.90. The third-order valence-corrected chi connectivity index (χ3v) is 4.20. The molecule has 0 aromatic carbocycles. The summed E-state index contributed by atoms with van der Waals surface area (Å²) in [4.78, 5) is 24.5. The molecule has 3 rings (SSSR count). The molecule has 0 saturated heterocycles. The summed E-state index contributed by atoms with van der Waals surface area (Å²) in [5.74, 6) is 0.271. The number of amides is 1. The first-order valence-electron chi connectivity index (χ1n) is 7.52. The van der Waals surface area contributed by atoms with Gasteiger partial charge in [0.05, 0.1) is 6.10 Å². The predicted molar refractivity (Wildman–Crippen MR) is 84.7 cm³/mol. The fourth-order valence-corrected chi connectivity index (χ4v) is 2.93. The van der Waals surface area contributed by atoms with Gasteiger partial charge in [-0.05, 0) is 37.3 Å². The van der Waals surface area contributed by atoms with E-state index in [2.05, 4.69) is 20.3 Å². The number of methoxy groups -OCH3 is 1. The summed E-state index contributed by atoms with van der Waals surface area (Å²) in [6.07, 6.45) is 8.94. The van der Waals surface area contributed by atoms with E-state index in [1.165, 1.54) is 0 Å². The molecule has 0 bridgehead atoms. The summed E-state index contributed by atoms with van der Waals surface area (Å²) in [5, 5.41) is 3.04. The Morgan fingerprint density at radius 2 is 2.13 bits per heavy atom. The molecule has 2 aromatic heterocycles. The molecule has 1 saturated carbocycles. The fourth-order valence-electron chi connectivity index (χ4n) is 2.75. The van der Waals surface area contributed by atoms with E-state index in [0.717, 1.165) is 25.7 Å². The molecule has 0 radical (unpaired) electrons. The Morgan fingerprint density at radius 3 is 2.78 bits per heavy atom. The average molecular weight is 336 g/mol. The van der Waals surface area contributed by atoms with Gasteiger partial charge in [-0.2, -0.15) is 4.98 Å². The molecule has 1 fully saturated rings. The molecule has 2 aromatic rings. The zero-order valence-corrected chi connectivity index (χ0v) is 13.5. The van der Waals surface area contributed by atoms with Crippen LogP contribution < -0.4 is 5.32 Å². The number of aromatic nitrogens is 4. The molecule has 0 atom stereocenters. The molecule has 23 heavy (non-hydrogen) atoms. The molecule has 122 valence electrons. The molecule has 0 unspecified atom stereocenters. The van der Waals surface area contributed by atoms with Crippen molar-refractivity contribution in [2.24, 2.45) is 0 Å². The summed E-state index contributed by atoms with van der Waals surface area (Å²) in [5.41, 5.74) is 0.252. The molecule has 1 amide bonds. The van der Waals surface area contributed by atoms with E-state index in [-0.39, 0.29) is 22.9 Å². The Kier molecular flexibility index (Phi) is 4.88. The number of ether oxygens (including phenoxy) is 1. The first kappa shape index (κ1) is 15.9. The van der Waals surface area contributed by atoms with Crippen LogP contribution in [-0.2, 0) is 4.74 Å². The maximum atomic E-state index is 12.4. The molecule has 8 heteroatoms. The topological polar surface area (TPSA) is 81.9 Å². The Bertz CT molecular complexity index is 669. The maximum absolute atomic E-state index is 12.4. The van der Waals surface area contributed by atoms with Gasteiger partial charge in [0.15, 0.2) is 0 Å². The van der Waals surface area contributed by atoms with E-state index in [0.29, 0.717) is 11.9 Å². The molecule has 0 spiro atoms. The summed E-state index contributed by atoms with van der Waals surface area (Å²) in [7, 11) is 1.73. The molecular weight excluding hydrogens is 318 g/mol. The zero-order valence-electron chi connectivity index (χ0n) is 12.8. The number of hydrogen-bond acceptors (Lipinski definition) is 5. The second-order valence-electron chi connectivity index (χ2n) is 5.53. The highest BCUT2D eigenvalue weighted by Crippen LogP contribution is 2.21. The van der Waals surface area contributed by atoms with Crippen molar-refractivity contribution in [1.82, 2.24) is 24.8 Å². The largest absolute Gasteiger partial charge is 0.381 e. The van der Waals surface area contributed by atoms with E-state index in [4.69, 9.17) is 16.3 Å².